The lowest BCUT2D eigenvalue weighted by Gasteiger charge is -2.24. The SMILES string of the molecule is O=C(/C=C/c1cccc2ccccc12)NC(=S)N(CCO)Cc1ccccc1. The van der Waals surface area contributed by atoms with E-state index in [0.29, 0.717) is 18.2 Å². The van der Waals surface area contributed by atoms with Gasteiger partial charge in [-0.25, -0.2) is 0 Å². The maximum absolute atomic E-state index is 12.3. The van der Waals surface area contributed by atoms with Crippen LogP contribution in [0.4, 0.5) is 0 Å². The van der Waals surface area contributed by atoms with Gasteiger partial charge in [0, 0.05) is 19.2 Å². The zero-order chi connectivity index (χ0) is 19.8. The summed E-state index contributed by atoms with van der Waals surface area (Å²) in [7, 11) is 0. The molecule has 3 aromatic rings. The van der Waals surface area contributed by atoms with Crippen LogP contribution < -0.4 is 5.32 Å². The summed E-state index contributed by atoms with van der Waals surface area (Å²) in [5.74, 6) is -0.297. The standard InChI is InChI=1S/C23H22N2O2S/c26-16-15-25(17-18-7-2-1-3-8-18)23(28)24-22(27)14-13-20-11-6-10-19-9-4-5-12-21(19)20/h1-14,26H,15-17H2,(H,24,27,28)/b14-13+. The third kappa shape index (κ3) is 5.25. The van der Waals surface area contributed by atoms with E-state index in [9.17, 15) is 9.90 Å². The van der Waals surface area contributed by atoms with Gasteiger partial charge in [0.15, 0.2) is 5.11 Å². The third-order valence-corrected chi connectivity index (χ3v) is 4.70. The van der Waals surface area contributed by atoms with E-state index >= 15 is 0 Å². The van der Waals surface area contributed by atoms with Crippen LogP contribution in [0.25, 0.3) is 16.8 Å². The Kier molecular flexibility index (Phi) is 6.89. The van der Waals surface area contributed by atoms with Crippen molar-refractivity contribution < 1.29 is 9.90 Å². The summed E-state index contributed by atoms with van der Waals surface area (Å²) in [6.07, 6.45) is 3.27. The molecule has 0 aromatic heterocycles. The Labute approximate surface area is 170 Å². The minimum atomic E-state index is -0.297. The minimum Gasteiger partial charge on any atom is -0.395 e. The molecule has 0 atom stereocenters. The van der Waals surface area contributed by atoms with Crippen molar-refractivity contribution in [2.45, 2.75) is 6.54 Å². The topological polar surface area (TPSA) is 52.6 Å². The van der Waals surface area contributed by atoms with E-state index in [-0.39, 0.29) is 12.5 Å². The van der Waals surface area contributed by atoms with Gasteiger partial charge in [-0.2, -0.15) is 0 Å². The number of hydrogen-bond donors (Lipinski definition) is 2. The van der Waals surface area contributed by atoms with Gasteiger partial charge in [0.1, 0.15) is 0 Å². The van der Waals surface area contributed by atoms with E-state index in [1.807, 2.05) is 72.8 Å². The summed E-state index contributed by atoms with van der Waals surface area (Å²) in [5, 5.41) is 14.6. The van der Waals surface area contributed by atoms with Crippen molar-refractivity contribution in [2.24, 2.45) is 0 Å². The summed E-state index contributed by atoms with van der Waals surface area (Å²) in [6, 6.07) is 23.8. The number of aliphatic hydroxyl groups excluding tert-OH is 1. The lowest BCUT2D eigenvalue weighted by molar-refractivity contribution is -0.115. The van der Waals surface area contributed by atoms with Crippen LogP contribution in [0, 0.1) is 0 Å². The number of aliphatic hydroxyl groups is 1. The number of benzene rings is 3. The predicted octanol–water partition coefficient (Wildman–Crippen LogP) is 3.75. The number of rotatable bonds is 6. The highest BCUT2D eigenvalue weighted by Crippen LogP contribution is 2.19. The number of amides is 1. The monoisotopic (exact) mass is 390 g/mol. The molecular weight excluding hydrogens is 368 g/mol. The summed E-state index contributed by atoms with van der Waals surface area (Å²) in [4.78, 5) is 14.1. The average molecular weight is 391 g/mol. The molecule has 0 unspecified atom stereocenters. The van der Waals surface area contributed by atoms with Crippen molar-refractivity contribution in [1.82, 2.24) is 10.2 Å². The Morgan fingerprint density at radius 3 is 2.50 bits per heavy atom. The van der Waals surface area contributed by atoms with Crippen LogP contribution in [-0.2, 0) is 11.3 Å². The van der Waals surface area contributed by atoms with Gasteiger partial charge in [-0.05, 0) is 40.2 Å². The van der Waals surface area contributed by atoms with E-state index in [4.69, 9.17) is 12.2 Å². The number of hydrogen-bond acceptors (Lipinski definition) is 3. The molecule has 1 amide bonds. The number of fused-ring (bicyclic) bond motifs is 1. The average Bonchev–Trinajstić information content (AvgIpc) is 2.72. The normalized spacial score (nSPS) is 10.9. The van der Waals surface area contributed by atoms with Crippen molar-refractivity contribution in [3.05, 3.63) is 90.0 Å². The molecule has 5 heteroatoms. The minimum absolute atomic E-state index is 0.0469. The van der Waals surface area contributed by atoms with Gasteiger partial charge in [-0.3, -0.25) is 10.1 Å². The van der Waals surface area contributed by atoms with Crippen LogP contribution in [0.2, 0.25) is 0 Å². The molecule has 0 radical (unpaired) electrons. The maximum Gasteiger partial charge on any atom is 0.250 e. The molecule has 0 bridgehead atoms. The number of carbonyl (C=O) groups excluding carboxylic acids is 1. The smallest absolute Gasteiger partial charge is 0.250 e. The Bertz CT molecular complexity index is 981. The summed E-state index contributed by atoms with van der Waals surface area (Å²) < 4.78 is 0. The van der Waals surface area contributed by atoms with Crippen LogP contribution >= 0.6 is 12.2 Å². The Hall–Kier alpha value is -3.02. The van der Waals surface area contributed by atoms with Crippen LogP contribution in [-0.4, -0.2) is 34.2 Å². The highest BCUT2D eigenvalue weighted by atomic mass is 32.1. The Balaban J connectivity index is 1.66. The fourth-order valence-corrected chi connectivity index (χ4v) is 3.22. The van der Waals surface area contributed by atoms with Gasteiger partial charge in [0.05, 0.1) is 6.61 Å². The largest absolute Gasteiger partial charge is 0.395 e. The Morgan fingerprint density at radius 1 is 1.00 bits per heavy atom. The second-order valence-corrected chi connectivity index (χ2v) is 6.71. The fraction of sp³-hybridized carbons (Fsp3) is 0.130. The van der Waals surface area contributed by atoms with Crippen molar-refractivity contribution in [3.8, 4) is 0 Å². The summed E-state index contributed by atoms with van der Waals surface area (Å²) in [6.45, 7) is 0.823. The van der Waals surface area contributed by atoms with Crippen LogP contribution in [0.15, 0.2) is 78.9 Å². The van der Waals surface area contributed by atoms with Gasteiger partial charge in [-0.1, -0.05) is 72.8 Å². The quantitative estimate of drug-likeness (QED) is 0.497. The molecule has 4 nitrogen and oxygen atoms in total. The van der Waals surface area contributed by atoms with Crippen LogP contribution in [0.1, 0.15) is 11.1 Å². The number of nitrogens with one attached hydrogen (secondary N) is 1. The van der Waals surface area contributed by atoms with E-state index in [2.05, 4.69) is 5.32 Å². The van der Waals surface area contributed by atoms with Gasteiger partial charge < -0.3 is 10.0 Å². The first-order chi connectivity index (χ1) is 13.7. The zero-order valence-electron chi connectivity index (χ0n) is 15.4. The molecule has 3 rings (SSSR count). The number of thiocarbonyl (C=S) groups is 1. The van der Waals surface area contributed by atoms with Gasteiger partial charge in [0.25, 0.3) is 0 Å². The molecule has 3 aromatic carbocycles. The lowest BCUT2D eigenvalue weighted by Crippen LogP contribution is -2.43. The molecule has 0 aliphatic carbocycles. The lowest BCUT2D eigenvalue weighted by atomic mass is 10.0. The Morgan fingerprint density at radius 2 is 1.71 bits per heavy atom. The van der Waals surface area contributed by atoms with Crippen LogP contribution in [0.5, 0.6) is 0 Å². The number of nitrogens with zero attached hydrogens (tertiary/aromatic N) is 1. The van der Waals surface area contributed by atoms with Gasteiger partial charge >= 0.3 is 0 Å². The van der Waals surface area contributed by atoms with Crippen molar-refractivity contribution in [2.75, 3.05) is 13.2 Å². The molecule has 0 aliphatic rings. The fourth-order valence-electron chi connectivity index (χ4n) is 2.96. The van der Waals surface area contributed by atoms with E-state index in [1.54, 1.807) is 11.0 Å². The number of carbonyl (C=O) groups is 1. The molecule has 0 fully saturated rings. The first-order valence-corrected chi connectivity index (χ1v) is 9.49. The van der Waals surface area contributed by atoms with E-state index in [0.717, 1.165) is 21.9 Å². The van der Waals surface area contributed by atoms with Crippen LogP contribution in [0.3, 0.4) is 0 Å². The van der Waals surface area contributed by atoms with Crippen molar-refractivity contribution in [1.29, 1.82) is 0 Å². The first-order valence-electron chi connectivity index (χ1n) is 9.08. The zero-order valence-corrected chi connectivity index (χ0v) is 16.2. The summed E-state index contributed by atoms with van der Waals surface area (Å²) in [5.41, 5.74) is 2.02. The van der Waals surface area contributed by atoms with Crippen molar-refractivity contribution >= 4 is 40.1 Å². The molecule has 0 saturated heterocycles. The maximum atomic E-state index is 12.3. The van der Waals surface area contributed by atoms with Gasteiger partial charge in [-0.15, -0.1) is 0 Å². The third-order valence-electron chi connectivity index (χ3n) is 4.34. The first kappa shape index (κ1) is 19.7. The molecule has 28 heavy (non-hydrogen) atoms. The van der Waals surface area contributed by atoms with Crippen molar-refractivity contribution in [3.63, 3.8) is 0 Å². The molecule has 0 heterocycles. The second kappa shape index (κ2) is 9.78. The van der Waals surface area contributed by atoms with E-state index < -0.39 is 0 Å². The molecule has 142 valence electrons. The molecule has 2 N–H and O–H groups in total. The molecule has 0 saturated carbocycles. The highest BCUT2D eigenvalue weighted by molar-refractivity contribution is 7.80. The molecule has 0 spiro atoms. The van der Waals surface area contributed by atoms with Gasteiger partial charge in [0.2, 0.25) is 5.91 Å². The highest BCUT2D eigenvalue weighted by Gasteiger charge is 2.11. The second-order valence-electron chi connectivity index (χ2n) is 6.33. The molecular formula is C23H22N2O2S. The predicted molar refractivity (Wildman–Crippen MR) is 118 cm³/mol. The van der Waals surface area contributed by atoms with E-state index in [1.165, 1.54) is 6.08 Å². The molecule has 0 aliphatic heterocycles. The summed E-state index contributed by atoms with van der Waals surface area (Å²) >= 11 is 5.37.